The lowest BCUT2D eigenvalue weighted by molar-refractivity contribution is -0.137. The molecule has 2 amide bonds. The highest BCUT2D eigenvalue weighted by molar-refractivity contribution is 6.31. The molecule has 1 saturated heterocycles. The van der Waals surface area contributed by atoms with Gasteiger partial charge in [0.05, 0.1) is 34.4 Å². The minimum atomic E-state index is -4.52. The number of rotatable bonds is 5. The number of anilines is 1. The first-order valence-corrected chi connectivity index (χ1v) is 10.5. The van der Waals surface area contributed by atoms with Crippen LogP contribution in [0.4, 0.5) is 18.9 Å². The lowest BCUT2D eigenvalue weighted by Gasteiger charge is -2.37. The minimum Gasteiger partial charge on any atom is -0.390 e. The maximum atomic E-state index is 13.1. The van der Waals surface area contributed by atoms with Gasteiger partial charge in [-0.2, -0.15) is 13.2 Å². The Bertz CT molecular complexity index is 1000. The summed E-state index contributed by atoms with van der Waals surface area (Å²) in [4.78, 5) is 29.7. The summed E-state index contributed by atoms with van der Waals surface area (Å²) in [5.41, 5.74) is 0.238. The number of carbonyl (C=O) groups is 2. The number of alkyl halides is 3. The largest absolute Gasteiger partial charge is 0.417 e. The van der Waals surface area contributed by atoms with Gasteiger partial charge in [-0.15, -0.1) is 0 Å². The van der Waals surface area contributed by atoms with E-state index in [9.17, 15) is 27.9 Å². The summed E-state index contributed by atoms with van der Waals surface area (Å²) in [7, 11) is 0. The molecule has 170 valence electrons. The lowest BCUT2D eigenvalue weighted by Crippen LogP contribution is -2.50. The molecule has 6 nitrogen and oxygen atoms in total. The molecule has 10 heteroatoms. The van der Waals surface area contributed by atoms with Crippen LogP contribution < -0.4 is 4.90 Å². The first kappa shape index (κ1) is 22.6. The maximum Gasteiger partial charge on any atom is 0.417 e. The van der Waals surface area contributed by atoms with Gasteiger partial charge in [-0.05, 0) is 30.3 Å². The van der Waals surface area contributed by atoms with E-state index < -0.39 is 29.7 Å². The average Bonchev–Trinajstić information content (AvgIpc) is 2.99. The molecule has 2 aromatic carbocycles. The van der Waals surface area contributed by atoms with Crippen molar-refractivity contribution in [1.82, 2.24) is 9.80 Å². The van der Waals surface area contributed by atoms with Crippen LogP contribution in [0.3, 0.4) is 0 Å². The van der Waals surface area contributed by atoms with E-state index in [4.69, 9.17) is 11.6 Å². The molecule has 4 rings (SSSR count). The number of carbonyl (C=O) groups excluding carboxylic acids is 2. The summed E-state index contributed by atoms with van der Waals surface area (Å²) >= 11 is 5.69. The second-order valence-corrected chi connectivity index (χ2v) is 8.28. The van der Waals surface area contributed by atoms with Crippen LogP contribution in [-0.4, -0.2) is 72.1 Å². The van der Waals surface area contributed by atoms with E-state index in [1.165, 1.54) is 6.07 Å². The third-order valence-electron chi connectivity index (χ3n) is 5.73. The number of imide groups is 1. The van der Waals surface area contributed by atoms with E-state index in [-0.39, 0.29) is 18.1 Å². The topological polar surface area (TPSA) is 64.1 Å². The molecule has 32 heavy (non-hydrogen) atoms. The van der Waals surface area contributed by atoms with Crippen molar-refractivity contribution < 1.29 is 27.9 Å². The average molecular weight is 468 g/mol. The molecule has 0 aromatic heterocycles. The molecule has 2 aliphatic rings. The quantitative estimate of drug-likeness (QED) is 0.684. The maximum absolute atomic E-state index is 13.1. The molecule has 2 aliphatic heterocycles. The zero-order chi connectivity index (χ0) is 23.0. The second-order valence-electron chi connectivity index (χ2n) is 7.87. The van der Waals surface area contributed by atoms with Gasteiger partial charge in [0.2, 0.25) is 0 Å². The molecular weight excluding hydrogens is 447 g/mol. The normalized spacial score (nSPS) is 18.3. The number of aliphatic hydroxyl groups is 1. The van der Waals surface area contributed by atoms with Gasteiger partial charge in [0.15, 0.2) is 0 Å². The first-order chi connectivity index (χ1) is 15.1. The number of β-amino-alcohol motifs (C(OH)–C–C–N with tert-alkyl or cyclic N) is 1. The van der Waals surface area contributed by atoms with Crippen molar-refractivity contribution in [3.05, 3.63) is 64.2 Å². The van der Waals surface area contributed by atoms with E-state index >= 15 is 0 Å². The van der Waals surface area contributed by atoms with Crippen molar-refractivity contribution in [2.45, 2.75) is 12.3 Å². The van der Waals surface area contributed by atoms with Gasteiger partial charge >= 0.3 is 6.18 Å². The van der Waals surface area contributed by atoms with Crippen molar-refractivity contribution in [1.29, 1.82) is 0 Å². The molecule has 0 saturated carbocycles. The van der Waals surface area contributed by atoms with E-state index in [0.717, 1.165) is 11.0 Å². The SMILES string of the molecule is O=C1c2ccccc2C(=O)N1CC(O)CN1CCN(c2ccc(Cl)c(C(F)(F)F)c2)CC1. The van der Waals surface area contributed by atoms with Crippen molar-refractivity contribution in [3.63, 3.8) is 0 Å². The van der Waals surface area contributed by atoms with E-state index in [1.807, 2.05) is 9.80 Å². The summed E-state index contributed by atoms with van der Waals surface area (Å²) < 4.78 is 39.4. The van der Waals surface area contributed by atoms with Crippen molar-refractivity contribution >= 4 is 29.1 Å². The van der Waals surface area contributed by atoms with Crippen molar-refractivity contribution in [2.24, 2.45) is 0 Å². The second kappa shape index (κ2) is 8.73. The molecular formula is C22H21ClF3N3O3. The van der Waals surface area contributed by atoms with Gasteiger partial charge < -0.3 is 10.0 Å². The Morgan fingerprint density at radius 2 is 1.53 bits per heavy atom. The number of benzene rings is 2. The van der Waals surface area contributed by atoms with Crippen molar-refractivity contribution in [2.75, 3.05) is 44.2 Å². The Hall–Kier alpha value is -2.62. The van der Waals surface area contributed by atoms with Gasteiger partial charge in [-0.25, -0.2) is 0 Å². The van der Waals surface area contributed by atoms with E-state index in [1.54, 1.807) is 30.3 Å². The van der Waals surface area contributed by atoms with Gasteiger partial charge in [0.1, 0.15) is 0 Å². The number of fused-ring (bicyclic) bond motifs is 1. The highest BCUT2D eigenvalue weighted by atomic mass is 35.5. The van der Waals surface area contributed by atoms with Crippen LogP contribution in [0.5, 0.6) is 0 Å². The number of aliphatic hydroxyl groups excluding tert-OH is 1. The summed E-state index contributed by atoms with van der Waals surface area (Å²) in [6.07, 6.45) is -5.46. The Labute approximate surface area is 187 Å². The van der Waals surface area contributed by atoms with Crippen LogP contribution in [0.2, 0.25) is 5.02 Å². The summed E-state index contributed by atoms with van der Waals surface area (Å²) in [5, 5.41) is 10.1. The number of halogens is 4. The van der Waals surface area contributed by atoms with Crippen LogP contribution in [0.1, 0.15) is 26.3 Å². The number of piperazine rings is 1. The highest BCUT2D eigenvalue weighted by Crippen LogP contribution is 2.37. The van der Waals surface area contributed by atoms with Crippen LogP contribution in [0.25, 0.3) is 0 Å². The van der Waals surface area contributed by atoms with Gasteiger partial charge in [0.25, 0.3) is 11.8 Å². The van der Waals surface area contributed by atoms with Crippen LogP contribution in [0, 0.1) is 0 Å². The molecule has 2 aromatic rings. The summed E-state index contributed by atoms with van der Waals surface area (Å²) in [6, 6.07) is 10.4. The smallest absolute Gasteiger partial charge is 0.390 e. The fourth-order valence-corrected chi connectivity index (χ4v) is 4.31. The molecule has 1 unspecified atom stereocenters. The molecule has 1 N–H and O–H groups in total. The van der Waals surface area contributed by atoms with Crippen molar-refractivity contribution in [3.8, 4) is 0 Å². The predicted octanol–water partition coefficient (Wildman–Crippen LogP) is 3.14. The predicted molar refractivity (Wildman–Crippen MR) is 113 cm³/mol. The molecule has 1 fully saturated rings. The minimum absolute atomic E-state index is 0.112. The summed E-state index contributed by atoms with van der Waals surface area (Å²) in [6.45, 7) is 2.11. The number of nitrogens with zero attached hydrogens (tertiary/aromatic N) is 3. The number of hydrogen-bond acceptors (Lipinski definition) is 5. The third-order valence-corrected chi connectivity index (χ3v) is 6.06. The molecule has 0 spiro atoms. The van der Waals surface area contributed by atoms with Crippen LogP contribution >= 0.6 is 11.6 Å². The molecule has 0 bridgehead atoms. The monoisotopic (exact) mass is 467 g/mol. The molecule has 2 heterocycles. The Morgan fingerprint density at radius 1 is 0.938 bits per heavy atom. The van der Waals surface area contributed by atoms with E-state index in [2.05, 4.69) is 0 Å². The Morgan fingerprint density at radius 3 is 2.09 bits per heavy atom. The van der Waals surface area contributed by atoms with Gasteiger partial charge in [-0.3, -0.25) is 19.4 Å². The van der Waals surface area contributed by atoms with E-state index in [0.29, 0.717) is 43.0 Å². The Kier molecular flexibility index (Phi) is 6.15. The number of hydrogen-bond donors (Lipinski definition) is 1. The fourth-order valence-electron chi connectivity index (χ4n) is 4.09. The lowest BCUT2D eigenvalue weighted by atomic mass is 10.1. The Balaban J connectivity index is 1.32. The standard InChI is InChI=1S/C22H21ClF3N3O3/c23-19-6-5-14(11-18(19)22(24,25)26)28-9-7-27(8-10-28)12-15(30)13-29-20(31)16-3-1-2-4-17(16)21(29)32/h1-6,11,15,30H,7-10,12-13H2. The highest BCUT2D eigenvalue weighted by Gasteiger charge is 2.37. The third kappa shape index (κ3) is 4.46. The van der Waals surface area contributed by atoms with Crippen LogP contribution in [0.15, 0.2) is 42.5 Å². The van der Waals surface area contributed by atoms with Crippen LogP contribution in [-0.2, 0) is 6.18 Å². The zero-order valence-electron chi connectivity index (χ0n) is 17.0. The van der Waals surface area contributed by atoms with Gasteiger partial charge in [0, 0.05) is 38.4 Å². The summed E-state index contributed by atoms with van der Waals surface area (Å²) in [5.74, 6) is -0.838. The zero-order valence-corrected chi connectivity index (χ0v) is 17.7. The first-order valence-electron chi connectivity index (χ1n) is 10.1. The fraction of sp³-hybridized carbons (Fsp3) is 0.364. The van der Waals surface area contributed by atoms with Gasteiger partial charge in [-0.1, -0.05) is 23.7 Å². The number of amides is 2. The molecule has 0 aliphatic carbocycles. The molecule has 1 atom stereocenters. The molecule has 0 radical (unpaired) electrons.